The fraction of sp³-hybridized carbons (Fsp3) is 0.464. The van der Waals surface area contributed by atoms with Crippen molar-refractivity contribution in [2.24, 2.45) is 29.3 Å². The van der Waals surface area contributed by atoms with Gasteiger partial charge in [-0.25, -0.2) is 20.1 Å². The summed E-state index contributed by atoms with van der Waals surface area (Å²) in [6, 6.07) is 14.2. The van der Waals surface area contributed by atoms with E-state index >= 15 is 0 Å². The van der Waals surface area contributed by atoms with E-state index in [1.54, 1.807) is 0 Å². The highest BCUT2D eigenvalue weighted by atomic mass is 16.5. The van der Waals surface area contributed by atoms with Crippen molar-refractivity contribution in [1.82, 2.24) is 19.6 Å². The van der Waals surface area contributed by atoms with Crippen molar-refractivity contribution >= 4 is 17.3 Å². The molecule has 4 fully saturated rings. The summed E-state index contributed by atoms with van der Waals surface area (Å²) >= 11 is 0. The van der Waals surface area contributed by atoms with Crippen LogP contribution in [0.1, 0.15) is 31.2 Å². The number of anilines is 1. The van der Waals surface area contributed by atoms with Gasteiger partial charge >= 0.3 is 5.97 Å². The molecule has 0 radical (unpaired) electrons. The van der Waals surface area contributed by atoms with Crippen LogP contribution < -0.4 is 16.5 Å². The third-order valence-electron chi connectivity index (χ3n) is 7.98. The fourth-order valence-corrected chi connectivity index (χ4v) is 5.85. The molecule has 7 rings (SSSR count). The van der Waals surface area contributed by atoms with Crippen molar-refractivity contribution in [3.8, 4) is 0 Å². The van der Waals surface area contributed by atoms with Gasteiger partial charge < -0.3 is 25.1 Å². The number of nitrogens with two attached hydrogens (primary N) is 2. The molecule has 1 aliphatic carbocycles. The summed E-state index contributed by atoms with van der Waals surface area (Å²) in [5.74, 6) is 7.39. The Kier molecular flexibility index (Phi) is 7.27. The Morgan fingerprint density at radius 2 is 2.00 bits per heavy atom. The highest BCUT2D eigenvalue weighted by Crippen LogP contribution is 2.59. The van der Waals surface area contributed by atoms with Gasteiger partial charge in [0.15, 0.2) is 17.2 Å². The molecule has 38 heavy (non-hydrogen) atoms. The zero-order valence-electron chi connectivity index (χ0n) is 22.3. The molecular formula is C28H37N7O3. The Labute approximate surface area is 223 Å². The van der Waals surface area contributed by atoms with E-state index in [1.165, 1.54) is 30.4 Å². The monoisotopic (exact) mass is 519 g/mol. The number of carbonyl (C=O) groups excluding carboxylic acids is 1. The lowest BCUT2D eigenvalue weighted by molar-refractivity contribution is -0.138. The van der Waals surface area contributed by atoms with Crippen LogP contribution in [-0.2, 0) is 19.9 Å². The van der Waals surface area contributed by atoms with Crippen molar-refractivity contribution in [3.63, 3.8) is 0 Å². The van der Waals surface area contributed by atoms with E-state index in [9.17, 15) is 4.79 Å². The normalized spacial score (nSPS) is 26.1. The standard InChI is InChI=1S/C22H31N7O3.C6H6/c1-13-4-5-27(9-13)16-6-14(2)19-25-21(26-29(19)10-16)22-7-15(12-32-22)17(22)11-28(24)18(8-23)20(30)31-3;1-2-4-6-5-3-1/h6,8,10,13,15,17H,4-5,7,9,11-12,23-24H2,1-3H3;1-6H/b18-8-;. The summed E-state index contributed by atoms with van der Waals surface area (Å²) in [6.45, 7) is 7.51. The molecule has 3 aromatic rings. The largest absolute Gasteiger partial charge is 0.464 e. The average molecular weight is 520 g/mol. The summed E-state index contributed by atoms with van der Waals surface area (Å²) in [4.78, 5) is 19.2. The molecule has 4 aliphatic rings. The predicted octanol–water partition coefficient (Wildman–Crippen LogP) is 2.58. The van der Waals surface area contributed by atoms with Gasteiger partial charge in [-0.3, -0.25) is 0 Å². The first-order valence-electron chi connectivity index (χ1n) is 13.1. The predicted molar refractivity (Wildman–Crippen MR) is 145 cm³/mol. The number of carbonyl (C=O) groups is 1. The van der Waals surface area contributed by atoms with Gasteiger partial charge in [-0.2, -0.15) is 0 Å². The number of esters is 1. The number of hydrazine groups is 1. The van der Waals surface area contributed by atoms with E-state index in [1.807, 2.05) is 40.9 Å². The number of fused-ring (bicyclic) bond motifs is 2. The number of methoxy groups -OCH3 is 1. The molecule has 2 bridgehead atoms. The van der Waals surface area contributed by atoms with Gasteiger partial charge in [0.2, 0.25) is 0 Å². The maximum absolute atomic E-state index is 12.0. The van der Waals surface area contributed by atoms with Crippen LogP contribution in [0.3, 0.4) is 0 Å². The van der Waals surface area contributed by atoms with E-state index in [0.717, 1.165) is 30.7 Å². The Bertz CT molecular complexity index is 1280. The SMILES string of the molecule is COC(=O)/C(=C/N)N(N)CC1C2COC1(c1nc3c(C)cc(N4CCC(C)C4)cn3n1)C2.c1ccccc1. The Morgan fingerprint density at radius 1 is 1.29 bits per heavy atom. The molecule has 10 heteroatoms. The van der Waals surface area contributed by atoms with E-state index in [2.05, 4.69) is 31.0 Å². The van der Waals surface area contributed by atoms with E-state index < -0.39 is 11.6 Å². The maximum atomic E-state index is 12.0. The number of nitrogens with zero attached hydrogens (tertiary/aromatic N) is 5. The first-order chi connectivity index (χ1) is 18.4. The van der Waals surface area contributed by atoms with Crippen molar-refractivity contribution in [1.29, 1.82) is 0 Å². The molecule has 5 heterocycles. The molecule has 1 aromatic carbocycles. The van der Waals surface area contributed by atoms with Crippen LogP contribution in [0.5, 0.6) is 0 Å². The van der Waals surface area contributed by atoms with Crippen LogP contribution >= 0.6 is 0 Å². The summed E-state index contributed by atoms with van der Waals surface area (Å²) in [7, 11) is 1.30. The minimum Gasteiger partial charge on any atom is -0.464 e. The van der Waals surface area contributed by atoms with Crippen molar-refractivity contribution in [2.45, 2.75) is 32.3 Å². The second kappa shape index (κ2) is 10.6. The smallest absolute Gasteiger partial charge is 0.357 e. The summed E-state index contributed by atoms with van der Waals surface area (Å²) in [5, 5.41) is 6.20. The van der Waals surface area contributed by atoms with Crippen LogP contribution in [-0.4, -0.2) is 58.9 Å². The quantitative estimate of drug-likeness (QED) is 0.219. The van der Waals surface area contributed by atoms with Gasteiger partial charge in [0.1, 0.15) is 5.60 Å². The van der Waals surface area contributed by atoms with Crippen LogP contribution in [0.25, 0.3) is 5.65 Å². The van der Waals surface area contributed by atoms with E-state index in [-0.39, 0.29) is 11.6 Å². The van der Waals surface area contributed by atoms with Crippen molar-refractivity contribution in [2.75, 3.05) is 38.3 Å². The molecule has 4 N–H and O–H groups in total. The van der Waals surface area contributed by atoms with E-state index in [0.29, 0.717) is 30.8 Å². The summed E-state index contributed by atoms with van der Waals surface area (Å²) < 4.78 is 12.9. The zero-order chi connectivity index (χ0) is 26.9. The minimum atomic E-state index is -0.598. The number of hydrogen-bond donors (Lipinski definition) is 2. The molecule has 1 saturated carbocycles. The third kappa shape index (κ3) is 4.69. The number of benzene rings is 1. The second-order valence-corrected chi connectivity index (χ2v) is 10.5. The van der Waals surface area contributed by atoms with Gasteiger partial charge in [0.05, 0.1) is 25.6 Å². The van der Waals surface area contributed by atoms with Gasteiger partial charge in [-0.05, 0) is 43.2 Å². The molecule has 3 saturated heterocycles. The fourth-order valence-electron chi connectivity index (χ4n) is 5.85. The van der Waals surface area contributed by atoms with Gasteiger partial charge in [0, 0.05) is 31.8 Å². The lowest BCUT2D eigenvalue weighted by Gasteiger charge is -2.44. The Morgan fingerprint density at radius 3 is 2.58 bits per heavy atom. The number of rotatable bonds is 6. The molecule has 2 aromatic heterocycles. The minimum absolute atomic E-state index is 0.0590. The highest BCUT2D eigenvalue weighted by molar-refractivity contribution is 5.87. The molecule has 0 spiro atoms. The lowest BCUT2D eigenvalue weighted by atomic mass is 9.63. The summed E-state index contributed by atoms with van der Waals surface area (Å²) in [5.41, 5.74) is 8.23. The lowest BCUT2D eigenvalue weighted by Crippen LogP contribution is -2.53. The summed E-state index contributed by atoms with van der Waals surface area (Å²) in [6.07, 6.45) is 5.29. The molecule has 0 amide bonds. The number of aromatic nitrogens is 3. The Hall–Kier alpha value is -3.63. The molecule has 3 aliphatic heterocycles. The van der Waals surface area contributed by atoms with Crippen LogP contribution in [0, 0.1) is 24.7 Å². The van der Waals surface area contributed by atoms with Crippen LogP contribution in [0.15, 0.2) is 60.6 Å². The van der Waals surface area contributed by atoms with Gasteiger partial charge in [-0.15, -0.1) is 5.10 Å². The highest BCUT2D eigenvalue weighted by Gasteiger charge is 2.64. The van der Waals surface area contributed by atoms with Crippen molar-refractivity contribution < 1.29 is 14.3 Å². The van der Waals surface area contributed by atoms with Gasteiger partial charge in [0.25, 0.3) is 0 Å². The third-order valence-corrected chi connectivity index (χ3v) is 7.98. The van der Waals surface area contributed by atoms with Crippen molar-refractivity contribution in [3.05, 3.63) is 71.9 Å². The molecule has 202 valence electrons. The van der Waals surface area contributed by atoms with Crippen LogP contribution in [0.4, 0.5) is 5.69 Å². The number of ether oxygens (including phenoxy) is 2. The molecule has 4 unspecified atom stereocenters. The molecular weight excluding hydrogens is 482 g/mol. The topological polar surface area (TPSA) is 124 Å². The number of hydrogen-bond acceptors (Lipinski definition) is 9. The molecule has 10 nitrogen and oxygen atoms in total. The second-order valence-electron chi connectivity index (χ2n) is 10.5. The van der Waals surface area contributed by atoms with Crippen LogP contribution in [0.2, 0.25) is 0 Å². The van der Waals surface area contributed by atoms with Gasteiger partial charge in [-0.1, -0.05) is 43.3 Å². The number of aryl methyl sites for hydroxylation is 1. The maximum Gasteiger partial charge on any atom is 0.357 e. The number of pyridine rings is 1. The average Bonchev–Trinajstić information content (AvgIpc) is 3.72. The first-order valence-corrected chi connectivity index (χ1v) is 13.1. The zero-order valence-corrected chi connectivity index (χ0v) is 22.3. The molecule has 4 atom stereocenters. The first kappa shape index (κ1) is 26.0. The van der Waals surface area contributed by atoms with E-state index in [4.69, 9.17) is 31.1 Å². The Balaban J connectivity index is 0.000000433.